The molecule has 1 atom stereocenters. The zero-order chi connectivity index (χ0) is 12.8. The molecule has 1 aromatic rings. The maximum absolute atomic E-state index is 5.92. The third kappa shape index (κ3) is 3.47. The highest BCUT2D eigenvalue weighted by Gasteiger charge is 2.19. The fourth-order valence-electron chi connectivity index (χ4n) is 2.58. The molecule has 100 valence electrons. The molecule has 18 heavy (non-hydrogen) atoms. The maximum atomic E-state index is 5.92. The Hall–Kier alpha value is -1.06. The third-order valence-corrected chi connectivity index (χ3v) is 3.67. The van der Waals surface area contributed by atoms with E-state index in [4.69, 9.17) is 4.74 Å². The topological polar surface area (TPSA) is 24.5 Å². The number of rotatable bonds is 6. The summed E-state index contributed by atoms with van der Waals surface area (Å²) in [5, 5.41) is 3.17. The predicted molar refractivity (Wildman–Crippen MR) is 75.0 cm³/mol. The van der Waals surface area contributed by atoms with Crippen LogP contribution in [0.1, 0.15) is 25.3 Å². The minimum atomic E-state index is 0.723. The van der Waals surface area contributed by atoms with E-state index in [0.29, 0.717) is 0 Å². The van der Waals surface area contributed by atoms with Gasteiger partial charge in [0.05, 0.1) is 0 Å². The monoisotopic (exact) mass is 248 g/mol. The van der Waals surface area contributed by atoms with Gasteiger partial charge in [-0.05, 0) is 39.4 Å². The first-order valence-electron chi connectivity index (χ1n) is 6.90. The smallest absolute Gasteiger partial charge is 0.123 e. The quantitative estimate of drug-likeness (QED) is 0.836. The van der Waals surface area contributed by atoms with Gasteiger partial charge in [-0.1, -0.05) is 18.2 Å². The lowest BCUT2D eigenvalue weighted by Gasteiger charge is -2.21. The van der Waals surface area contributed by atoms with Crippen molar-refractivity contribution in [1.29, 1.82) is 0 Å². The highest BCUT2D eigenvalue weighted by atomic mass is 16.5. The lowest BCUT2D eigenvalue weighted by atomic mass is 10.2. The highest BCUT2D eigenvalue weighted by Crippen LogP contribution is 2.19. The molecular formula is C15H24N2O. The Morgan fingerprint density at radius 3 is 2.94 bits per heavy atom. The van der Waals surface area contributed by atoms with Gasteiger partial charge in [-0.15, -0.1) is 0 Å². The van der Waals surface area contributed by atoms with Crippen LogP contribution in [0.4, 0.5) is 0 Å². The van der Waals surface area contributed by atoms with Gasteiger partial charge in [-0.3, -0.25) is 4.90 Å². The summed E-state index contributed by atoms with van der Waals surface area (Å²) >= 11 is 0. The second-order valence-electron chi connectivity index (χ2n) is 5.01. The average Bonchev–Trinajstić information content (AvgIpc) is 2.78. The van der Waals surface area contributed by atoms with Crippen LogP contribution in [0.5, 0.6) is 5.75 Å². The number of likely N-dealkylation sites (tertiary alicyclic amines) is 1. The summed E-state index contributed by atoms with van der Waals surface area (Å²) in [7, 11) is 1.96. The number of ether oxygens (including phenoxy) is 1. The largest absolute Gasteiger partial charge is 0.492 e. The van der Waals surface area contributed by atoms with E-state index in [1.807, 2.05) is 13.1 Å². The summed E-state index contributed by atoms with van der Waals surface area (Å²) < 4.78 is 5.92. The number of nitrogens with zero attached hydrogens (tertiary/aromatic N) is 1. The Morgan fingerprint density at radius 2 is 2.22 bits per heavy atom. The Bertz CT molecular complexity index is 367. The van der Waals surface area contributed by atoms with Crippen molar-refractivity contribution in [3.8, 4) is 5.75 Å². The van der Waals surface area contributed by atoms with E-state index in [0.717, 1.165) is 31.5 Å². The SMILES string of the molecule is CNCc1ccccc1OCCN1CCCC1C. The molecule has 3 heteroatoms. The van der Waals surface area contributed by atoms with Gasteiger partial charge >= 0.3 is 0 Å². The summed E-state index contributed by atoms with van der Waals surface area (Å²) in [5.41, 5.74) is 1.23. The third-order valence-electron chi connectivity index (χ3n) is 3.67. The molecule has 1 aliphatic rings. The van der Waals surface area contributed by atoms with Crippen LogP contribution in [-0.2, 0) is 6.54 Å². The van der Waals surface area contributed by atoms with Crippen molar-refractivity contribution >= 4 is 0 Å². The molecule has 1 saturated heterocycles. The summed E-state index contributed by atoms with van der Waals surface area (Å²) in [4.78, 5) is 2.51. The molecule has 0 aromatic heterocycles. The Balaban J connectivity index is 1.82. The van der Waals surface area contributed by atoms with Gasteiger partial charge in [0, 0.05) is 24.7 Å². The van der Waals surface area contributed by atoms with Crippen LogP contribution in [0.3, 0.4) is 0 Å². The molecule has 0 bridgehead atoms. The van der Waals surface area contributed by atoms with Crippen molar-refractivity contribution in [3.05, 3.63) is 29.8 Å². The molecule has 0 spiro atoms. The molecular weight excluding hydrogens is 224 g/mol. The van der Waals surface area contributed by atoms with Gasteiger partial charge in [0.2, 0.25) is 0 Å². The minimum Gasteiger partial charge on any atom is -0.492 e. The first-order valence-corrected chi connectivity index (χ1v) is 6.90. The molecule has 0 aliphatic carbocycles. The number of benzene rings is 1. The first kappa shape index (κ1) is 13.4. The van der Waals surface area contributed by atoms with E-state index in [1.165, 1.54) is 24.9 Å². The molecule has 1 N–H and O–H groups in total. The Kier molecular flexibility index (Phi) is 5.02. The van der Waals surface area contributed by atoms with E-state index in [2.05, 4.69) is 35.3 Å². The molecule has 1 unspecified atom stereocenters. The molecule has 0 radical (unpaired) electrons. The molecule has 1 aromatic carbocycles. The van der Waals surface area contributed by atoms with Crippen molar-refractivity contribution in [2.24, 2.45) is 0 Å². The van der Waals surface area contributed by atoms with E-state index in [-0.39, 0.29) is 0 Å². The van der Waals surface area contributed by atoms with Gasteiger partial charge in [-0.25, -0.2) is 0 Å². The van der Waals surface area contributed by atoms with Crippen LogP contribution < -0.4 is 10.1 Å². The molecule has 0 saturated carbocycles. The zero-order valence-electron chi connectivity index (χ0n) is 11.5. The first-order chi connectivity index (χ1) is 8.81. The van der Waals surface area contributed by atoms with Crippen molar-refractivity contribution < 1.29 is 4.74 Å². The van der Waals surface area contributed by atoms with Crippen molar-refractivity contribution in [2.75, 3.05) is 26.7 Å². The maximum Gasteiger partial charge on any atom is 0.123 e. The van der Waals surface area contributed by atoms with E-state index in [9.17, 15) is 0 Å². The zero-order valence-corrected chi connectivity index (χ0v) is 11.5. The van der Waals surface area contributed by atoms with E-state index < -0.39 is 0 Å². The number of hydrogen-bond acceptors (Lipinski definition) is 3. The second kappa shape index (κ2) is 6.76. The Morgan fingerprint density at radius 1 is 1.39 bits per heavy atom. The van der Waals surface area contributed by atoms with Gasteiger partial charge < -0.3 is 10.1 Å². The fraction of sp³-hybridized carbons (Fsp3) is 0.600. The number of para-hydroxylation sites is 1. The van der Waals surface area contributed by atoms with Crippen LogP contribution in [0.2, 0.25) is 0 Å². The molecule has 1 aliphatic heterocycles. The van der Waals surface area contributed by atoms with E-state index >= 15 is 0 Å². The molecule has 1 fully saturated rings. The summed E-state index contributed by atoms with van der Waals surface area (Å²) in [5.74, 6) is 1.01. The Labute approximate surface area is 110 Å². The molecule has 0 amide bonds. The highest BCUT2D eigenvalue weighted by molar-refractivity contribution is 5.33. The van der Waals surface area contributed by atoms with Gasteiger partial charge in [0.25, 0.3) is 0 Å². The summed E-state index contributed by atoms with van der Waals surface area (Å²) in [6.07, 6.45) is 2.66. The summed E-state index contributed by atoms with van der Waals surface area (Å²) in [6, 6.07) is 8.99. The second-order valence-corrected chi connectivity index (χ2v) is 5.01. The summed E-state index contributed by atoms with van der Waals surface area (Å²) in [6.45, 7) is 6.21. The molecule has 3 nitrogen and oxygen atoms in total. The fourth-order valence-corrected chi connectivity index (χ4v) is 2.58. The van der Waals surface area contributed by atoms with Crippen LogP contribution in [0.15, 0.2) is 24.3 Å². The molecule has 2 rings (SSSR count). The van der Waals surface area contributed by atoms with Crippen LogP contribution in [-0.4, -0.2) is 37.7 Å². The van der Waals surface area contributed by atoms with Gasteiger partial charge in [0.15, 0.2) is 0 Å². The van der Waals surface area contributed by atoms with Crippen LogP contribution in [0, 0.1) is 0 Å². The average molecular weight is 248 g/mol. The van der Waals surface area contributed by atoms with E-state index in [1.54, 1.807) is 0 Å². The van der Waals surface area contributed by atoms with Crippen molar-refractivity contribution in [2.45, 2.75) is 32.4 Å². The number of nitrogens with one attached hydrogen (secondary N) is 1. The standard InChI is InChI=1S/C15H24N2O/c1-13-6-5-9-17(13)10-11-18-15-8-4-3-7-14(15)12-16-2/h3-4,7-8,13,16H,5-6,9-12H2,1-2H3. The van der Waals surface area contributed by atoms with Gasteiger partial charge in [0.1, 0.15) is 12.4 Å². The van der Waals surface area contributed by atoms with Gasteiger partial charge in [-0.2, -0.15) is 0 Å². The lowest BCUT2D eigenvalue weighted by molar-refractivity contribution is 0.203. The predicted octanol–water partition coefficient (Wildman–Crippen LogP) is 2.27. The van der Waals surface area contributed by atoms with Crippen molar-refractivity contribution in [3.63, 3.8) is 0 Å². The molecule has 1 heterocycles. The normalized spacial score (nSPS) is 20.2. The number of hydrogen-bond donors (Lipinski definition) is 1. The minimum absolute atomic E-state index is 0.723. The van der Waals surface area contributed by atoms with Crippen LogP contribution >= 0.6 is 0 Å². The van der Waals surface area contributed by atoms with Crippen LogP contribution in [0.25, 0.3) is 0 Å². The van der Waals surface area contributed by atoms with Crippen molar-refractivity contribution in [1.82, 2.24) is 10.2 Å². The lowest BCUT2D eigenvalue weighted by Crippen LogP contribution is -2.31.